The molecular weight excluding hydrogens is 398 g/mol. The zero-order chi connectivity index (χ0) is 22.1. The topological polar surface area (TPSA) is 52.5 Å². The molecule has 7 heteroatoms. The molecule has 0 saturated carbocycles. The molecule has 5 nitrogen and oxygen atoms in total. The van der Waals surface area contributed by atoms with Crippen LogP contribution in [0.5, 0.6) is 5.75 Å². The molecular formula is C24H26F2N4O. The van der Waals surface area contributed by atoms with Crippen molar-refractivity contribution < 1.29 is 13.9 Å². The van der Waals surface area contributed by atoms with E-state index in [9.17, 15) is 9.50 Å². The van der Waals surface area contributed by atoms with Crippen molar-refractivity contribution in [3.05, 3.63) is 60.1 Å². The number of benzene rings is 2. The highest BCUT2D eigenvalue weighted by molar-refractivity contribution is 5.95. The van der Waals surface area contributed by atoms with Crippen molar-refractivity contribution in [1.82, 2.24) is 14.9 Å². The molecule has 1 aliphatic heterocycles. The molecule has 0 amide bonds. The van der Waals surface area contributed by atoms with Crippen LogP contribution >= 0.6 is 0 Å². The first kappa shape index (κ1) is 21.0. The monoisotopic (exact) mass is 424 g/mol. The summed E-state index contributed by atoms with van der Waals surface area (Å²) < 4.78 is 30.0. The molecule has 0 radical (unpaired) electrons. The third-order valence-corrected chi connectivity index (χ3v) is 5.85. The molecule has 0 unspecified atom stereocenters. The minimum Gasteiger partial charge on any atom is -0.507 e. The number of hydrogen-bond donors (Lipinski definition) is 1. The predicted octanol–water partition coefficient (Wildman–Crippen LogP) is 5.02. The number of fused-ring (bicyclic) bond motifs is 1. The summed E-state index contributed by atoms with van der Waals surface area (Å²) >= 11 is 0. The number of allylic oxidation sites excluding steroid dienone is 1. The van der Waals surface area contributed by atoms with Crippen LogP contribution in [0, 0.1) is 18.6 Å². The van der Waals surface area contributed by atoms with Crippen LogP contribution in [0.2, 0.25) is 0 Å². The number of halogens is 2. The summed E-state index contributed by atoms with van der Waals surface area (Å²) in [6, 6.07) is 5.71. The highest BCUT2D eigenvalue weighted by Crippen LogP contribution is 2.39. The first-order valence-electron chi connectivity index (χ1n) is 10.5. The Labute approximate surface area is 180 Å². The van der Waals surface area contributed by atoms with E-state index in [-0.39, 0.29) is 22.4 Å². The molecule has 3 aromatic rings. The van der Waals surface area contributed by atoms with E-state index in [1.807, 2.05) is 0 Å². The lowest BCUT2D eigenvalue weighted by atomic mass is 9.96. The van der Waals surface area contributed by atoms with Crippen LogP contribution in [0.25, 0.3) is 22.0 Å². The number of aryl methyl sites for hydroxylation is 1. The van der Waals surface area contributed by atoms with Crippen LogP contribution in [0.15, 0.2) is 42.9 Å². The Morgan fingerprint density at radius 3 is 2.55 bits per heavy atom. The number of nitrogens with zero attached hydrogens (tertiary/aromatic N) is 4. The third-order valence-electron chi connectivity index (χ3n) is 5.85. The second-order valence-corrected chi connectivity index (χ2v) is 7.90. The van der Waals surface area contributed by atoms with E-state index in [1.165, 1.54) is 24.5 Å². The molecule has 31 heavy (non-hydrogen) atoms. The van der Waals surface area contributed by atoms with Gasteiger partial charge in [0.1, 0.15) is 29.2 Å². The van der Waals surface area contributed by atoms with Crippen LogP contribution in [0.3, 0.4) is 0 Å². The zero-order valence-corrected chi connectivity index (χ0v) is 17.8. The van der Waals surface area contributed by atoms with Gasteiger partial charge in [-0.25, -0.2) is 18.7 Å². The van der Waals surface area contributed by atoms with Crippen LogP contribution in [-0.4, -0.2) is 46.2 Å². The molecule has 2 heterocycles. The van der Waals surface area contributed by atoms with Gasteiger partial charge in [0.2, 0.25) is 0 Å². The maximum atomic E-state index is 15.6. The van der Waals surface area contributed by atoms with E-state index >= 15 is 4.39 Å². The fraction of sp³-hybridized carbons (Fsp3) is 0.333. The fourth-order valence-corrected chi connectivity index (χ4v) is 4.27. The Morgan fingerprint density at radius 1 is 1.13 bits per heavy atom. The summed E-state index contributed by atoms with van der Waals surface area (Å²) in [5, 5.41) is 10.8. The lowest BCUT2D eigenvalue weighted by molar-refractivity contribution is 0.311. The Hall–Kier alpha value is -3.22. The number of anilines is 1. The van der Waals surface area contributed by atoms with Gasteiger partial charge in [0.15, 0.2) is 5.82 Å². The summed E-state index contributed by atoms with van der Waals surface area (Å²) in [5.41, 5.74) is 1.64. The lowest BCUT2D eigenvalue weighted by Crippen LogP contribution is -2.46. The average molecular weight is 424 g/mol. The fourth-order valence-electron chi connectivity index (χ4n) is 4.27. The van der Waals surface area contributed by atoms with Crippen LogP contribution in [-0.2, 0) is 0 Å². The smallest absolute Gasteiger partial charge is 0.157 e. The molecule has 4 rings (SSSR count). The van der Waals surface area contributed by atoms with Crippen molar-refractivity contribution in [2.75, 3.05) is 31.1 Å². The lowest BCUT2D eigenvalue weighted by Gasteiger charge is -2.38. The van der Waals surface area contributed by atoms with Crippen molar-refractivity contribution in [3.8, 4) is 16.9 Å². The normalized spacial score (nSPS) is 14.3. The third kappa shape index (κ3) is 3.80. The van der Waals surface area contributed by atoms with Gasteiger partial charge < -0.3 is 14.9 Å². The minimum atomic E-state index is -0.681. The van der Waals surface area contributed by atoms with Gasteiger partial charge in [-0.15, -0.1) is 0 Å². The summed E-state index contributed by atoms with van der Waals surface area (Å²) in [6.07, 6.45) is 3.38. The van der Waals surface area contributed by atoms with E-state index < -0.39 is 11.6 Å². The minimum absolute atomic E-state index is 0.0217. The first-order chi connectivity index (χ1) is 14.9. The van der Waals surface area contributed by atoms with Crippen LogP contribution < -0.4 is 4.90 Å². The van der Waals surface area contributed by atoms with Crippen LogP contribution in [0.1, 0.15) is 25.3 Å². The Bertz CT molecular complexity index is 1120. The largest absolute Gasteiger partial charge is 0.507 e. The Morgan fingerprint density at radius 2 is 1.87 bits per heavy atom. The van der Waals surface area contributed by atoms with Crippen molar-refractivity contribution >= 4 is 16.7 Å². The summed E-state index contributed by atoms with van der Waals surface area (Å²) in [5.74, 6) is -0.982. The van der Waals surface area contributed by atoms with Crippen molar-refractivity contribution in [2.24, 2.45) is 0 Å². The zero-order valence-electron chi connectivity index (χ0n) is 17.8. The second-order valence-electron chi connectivity index (χ2n) is 7.90. The average Bonchev–Trinajstić information content (AvgIpc) is 2.75. The van der Waals surface area contributed by atoms with E-state index in [0.717, 1.165) is 44.7 Å². The number of aromatic nitrogens is 2. The Balaban J connectivity index is 1.73. The van der Waals surface area contributed by atoms with Gasteiger partial charge in [-0.1, -0.05) is 26.0 Å². The number of phenolic OH excluding ortho intramolecular Hbond substituents is 1. The van der Waals surface area contributed by atoms with Crippen molar-refractivity contribution in [1.29, 1.82) is 0 Å². The second kappa shape index (κ2) is 8.49. The summed E-state index contributed by atoms with van der Waals surface area (Å²) in [4.78, 5) is 13.0. The number of aromatic hydroxyl groups is 1. The van der Waals surface area contributed by atoms with Crippen LogP contribution in [0.4, 0.5) is 14.6 Å². The van der Waals surface area contributed by atoms with E-state index in [4.69, 9.17) is 0 Å². The van der Waals surface area contributed by atoms with E-state index in [1.54, 1.807) is 13.0 Å². The summed E-state index contributed by atoms with van der Waals surface area (Å²) in [6.45, 7) is 11.1. The van der Waals surface area contributed by atoms with Gasteiger partial charge in [-0.05, 0) is 37.1 Å². The van der Waals surface area contributed by atoms with E-state index in [2.05, 4.69) is 33.3 Å². The molecule has 1 fully saturated rings. The molecule has 0 spiro atoms. The molecule has 1 aliphatic rings. The van der Waals surface area contributed by atoms with Gasteiger partial charge in [-0.3, -0.25) is 0 Å². The van der Waals surface area contributed by atoms with Gasteiger partial charge in [0, 0.05) is 42.8 Å². The van der Waals surface area contributed by atoms with Gasteiger partial charge in [-0.2, -0.15) is 0 Å². The SMILES string of the molecule is C=C(CCC)N1CCN(c2ncnc3c(F)c(-c4c(O)cccc4F)c(C)cc23)CC1. The highest BCUT2D eigenvalue weighted by Gasteiger charge is 2.25. The molecule has 162 valence electrons. The quantitative estimate of drug-likeness (QED) is 0.623. The maximum absolute atomic E-state index is 15.6. The van der Waals surface area contributed by atoms with Crippen molar-refractivity contribution in [2.45, 2.75) is 26.7 Å². The number of rotatable bonds is 5. The predicted molar refractivity (Wildman–Crippen MR) is 119 cm³/mol. The number of phenols is 1. The molecule has 1 N–H and O–H groups in total. The maximum Gasteiger partial charge on any atom is 0.157 e. The molecule has 0 bridgehead atoms. The first-order valence-corrected chi connectivity index (χ1v) is 10.5. The standard InChI is InChI=1S/C24H26F2N4O/c1-4-6-16(3)29-9-11-30(12-10-29)24-17-13-15(2)20(22(26)23(17)27-14-28-24)21-18(25)7-5-8-19(21)31/h5,7-8,13-14,31H,3-4,6,9-12H2,1-2H3. The van der Waals surface area contributed by atoms with Gasteiger partial charge in [0.05, 0.1) is 5.56 Å². The molecule has 1 aromatic heterocycles. The van der Waals surface area contributed by atoms with Gasteiger partial charge in [0.25, 0.3) is 0 Å². The molecule has 0 atom stereocenters. The summed E-state index contributed by atoms with van der Waals surface area (Å²) in [7, 11) is 0. The molecule has 0 aliphatic carbocycles. The molecule has 2 aromatic carbocycles. The van der Waals surface area contributed by atoms with Gasteiger partial charge >= 0.3 is 0 Å². The number of piperazine rings is 1. The van der Waals surface area contributed by atoms with E-state index in [0.29, 0.717) is 16.8 Å². The Kier molecular flexibility index (Phi) is 5.76. The highest BCUT2D eigenvalue weighted by atomic mass is 19.1. The van der Waals surface area contributed by atoms with Crippen molar-refractivity contribution in [3.63, 3.8) is 0 Å². The molecule has 1 saturated heterocycles. The number of hydrogen-bond acceptors (Lipinski definition) is 5.